The summed E-state index contributed by atoms with van der Waals surface area (Å²) in [5.41, 5.74) is 7.14. The number of fused-ring (bicyclic) bond motifs is 3. The fourth-order valence-corrected chi connectivity index (χ4v) is 3.52. The van der Waals surface area contributed by atoms with E-state index in [9.17, 15) is 10.1 Å². The predicted molar refractivity (Wildman–Crippen MR) is 123 cm³/mol. The smallest absolute Gasteiger partial charge is 0.269 e. The molecular formula is C23H17N7O2. The van der Waals surface area contributed by atoms with E-state index in [-0.39, 0.29) is 11.6 Å². The highest BCUT2D eigenvalue weighted by molar-refractivity contribution is 6.04. The van der Waals surface area contributed by atoms with Gasteiger partial charge >= 0.3 is 0 Å². The number of para-hydroxylation sites is 1. The van der Waals surface area contributed by atoms with Crippen molar-refractivity contribution in [1.82, 2.24) is 19.7 Å². The highest BCUT2D eigenvalue weighted by atomic mass is 16.6. The van der Waals surface area contributed by atoms with Crippen LogP contribution in [-0.2, 0) is 6.54 Å². The zero-order chi connectivity index (χ0) is 21.9. The van der Waals surface area contributed by atoms with Crippen LogP contribution >= 0.6 is 0 Å². The Morgan fingerprint density at radius 1 is 0.969 bits per heavy atom. The molecule has 0 unspecified atom stereocenters. The van der Waals surface area contributed by atoms with Crippen LogP contribution in [0, 0.1) is 10.1 Å². The zero-order valence-corrected chi connectivity index (χ0v) is 16.8. The molecule has 0 aliphatic heterocycles. The highest BCUT2D eigenvalue weighted by Gasteiger charge is 2.14. The lowest BCUT2D eigenvalue weighted by atomic mass is 10.2. The van der Waals surface area contributed by atoms with Crippen molar-refractivity contribution in [1.29, 1.82) is 0 Å². The number of hydrazone groups is 1. The Kier molecular flexibility index (Phi) is 4.97. The summed E-state index contributed by atoms with van der Waals surface area (Å²) in [6.07, 6.45) is 1.54. The van der Waals surface area contributed by atoms with E-state index < -0.39 is 4.92 Å². The van der Waals surface area contributed by atoms with Crippen molar-refractivity contribution >= 4 is 39.9 Å². The van der Waals surface area contributed by atoms with Gasteiger partial charge in [0, 0.05) is 24.1 Å². The molecule has 0 amide bonds. The molecule has 3 aromatic carbocycles. The molecule has 156 valence electrons. The minimum absolute atomic E-state index is 0.0272. The van der Waals surface area contributed by atoms with E-state index in [0.29, 0.717) is 17.8 Å². The third kappa shape index (κ3) is 3.74. The lowest BCUT2D eigenvalue weighted by Gasteiger charge is -2.07. The van der Waals surface area contributed by atoms with Crippen LogP contribution in [-0.4, -0.2) is 30.9 Å². The van der Waals surface area contributed by atoms with E-state index in [1.807, 2.05) is 42.5 Å². The van der Waals surface area contributed by atoms with Crippen molar-refractivity contribution in [3.05, 3.63) is 100 Å². The average molecular weight is 423 g/mol. The van der Waals surface area contributed by atoms with E-state index in [2.05, 4.69) is 42.4 Å². The number of anilines is 1. The van der Waals surface area contributed by atoms with Crippen LogP contribution in [0.15, 0.2) is 84.0 Å². The second-order valence-corrected chi connectivity index (χ2v) is 7.12. The van der Waals surface area contributed by atoms with Gasteiger partial charge in [-0.05, 0) is 29.3 Å². The Bertz CT molecular complexity index is 1440. The standard InChI is InChI=1S/C23H17N7O2/c31-30(32)18-12-10-16(11-13-18)14-24-27-23-25-22-21(26-28-23)19-8-4-5-9-20(19)29(22)15-17-6-2-1-3-7-17/h1-14H,15H2,(H,25,27,28)/b24-14-. The SMILES string of the molecule is O=[N+]([O-])c1ccc(/C=N\Nc2nnc3c4ccccc4n(Cc4ccccc4)c3n2)cc1. The molecule has 0 saturated heterocycles. The van der Waals surface area contributed by atoms with Crippen LogP contribution in [0.2, 0.25) is 0 Å². The van der Waals surface area contributed by atoms with Crippen molar-refractivity contribution in [3.8, 4) is 0 Å². The normalized spacial score (nSPS) is 11.4. The third-order valence-electron chi connectivity index (χ3n) is 5.04. The summed E-state index contributed by atoms with van der Waals surface area (Å²) in [6, 6.07) is 24.2. The van der Waals surface area contributed by atoms with Gasteiger partial charge in [0.25, 0.3) is 11.6 Å². The summed E-state index contributed by atoms with van der Waals surface area (Å²) in [5.74, 6) is 0.257. The monoisotopic (exact) mass is 423 g/mol. The molecule has 0 atom stereocenters. The van der Waals surface area contributed by atoms with Crippen LogP contribution in [0.25, 0.3) is 22.1 Å². The first-order valence-electron chi connectivity index (χ1n) is 9.88. The summed E-state index contributed by atoms with van der Waals surface area (Å²) >= 11 is 0. The first-order valence-corrected chi connectivity index (χ1v) is 9.88. The topological polar surface area (TPSA) is 111 Å². The van der Waals surface area contributed by atoms with Gasteiger partial charge < -0.3 is 4.57 Å². The van der Waals surface area contributed by atoms with Gasteiger partial charge in [-0.2, -0.15) is 10.1 Å². The summed E-state index contributed by atoms with van der Waals surface area (Å²) in [6.45, 7) is 0.648. The number of hydrogen-bond donors (Lipinski definition) is 1. The molecule has 0 aliphatic carbocycles. The van der Waals surface area contributed by atoms with Crippen LogP contribution in [0.3, 0.4) is 0 Å². The Hall–Kier alpha value is -4.66. The van der Waals surface area contributed by atoms with Crippen molar-refractivity contribution in [2.45, 2.75) is 6.54 Å². The number of non-ortho nitro benzene ring substituents is 1. The fraction of sp³-hybridized carbons (Fsp3) is 0.0435. The molecule has 0 radical (unpaired) electrons. The number of nitro groups is 1. The predicted octanol–water partition coefficient (Wildman–Crippen LogP) is 4.38. The Balaban J connectivity index is 1.46. The number of nitro benzene ring substituents is 1. The number of aromatic nitrogens is 4. The molecule has 5 rings (SSSR count). The molecule has 2 aromatic heterocycles. The first kappa shape index (κ1) is 19.3. The van der Waals surface area contributed by atoms with Crippen LogP contribution in [0.4, 0.5) is 11.6 Å². The second kappa shape index (κ2) is 8.23. The lowest BCUT2D eigenvalue weighted by molar-refractivity contribution is -0.384. The molecule has 1 N–H and O–H groups in total. The van der Waals surface area contributed by atoms with Gasteiger partial charge in [-0.25, -0.2) is 5.43 Å². The maximum absolute atomic E-state index is 10.8. The summed E-state index contributed by atoms with van der Waals surface area (Å²) in [4.78, 5) is 15.0. The second-order valence-electron chi connectivity index (χ2n) is 7.12. The fourth-order valence-electron chi connectivity index (χ4n) is 3.52. The van der Waals surface area contributed by atoms with Gasteiger partial charge in [-0.15, -0.1) is 10.2 Å². The molecule has 0 spiro atoms. The largest absolute Gasteiger partial charge is 0.319 e. The number of rotatable bonds is 6. The first-order chi connectivity index (χ1) is 15.7. The number of benzene rings is 3. The summed E-state index contributed by atoms with van der Waals surface area (Å²) in [5, 5.41) is 24.4. The average Bonchev–Trinajstić information content (AvgIpc) is 3.13. The van der Waals surface area contributed by atoms with E-state index >= 15 is 0 Å². The van der Waals surface area contributed by atoms with Crippen LogP contribution in [0.1, 0.15) is 11.1 Å². The van der Waals surface area contributed by atoms with Gasteiger partial charge in [0.2, 0.25) is 0 Å². The molecule has 2 heterocycles. The Labute approximate surface area is 182 Å². The maximum atomic E-state index is 10.8. The number of nitrogens with one attached hydrogen (secondary N) is 1. The molecule has 9 nitrogen and oxygen atoms in total. The number of hydrogen-bond acceptors (Lipinski definition) is 7. The van der Waals surface area contributed by atoms with E-state index in [1.54, 1.807) is 12.1 Å². The van der Waals surface area contributed by atoms with Crippen molar-refractivity contribution in [2.75, 3.05) is 5.43 Å². The molecule has 0 aliphatic rings. The van der Waals surface area contributed by atoms with Gasteiger partial charge in [-0.3, -0.25) is 10.1 Å². The van der Waals surface area contributed by atoms with Crippen molar-refractivity contribution < 1.29 is 4.92 Å². The Morgan fingerprint density at radius 2 is 1.72 bits per heavy atom. The van der Waals surface area contributed by atoms with E-state index in [1.165, 1.54) is 18.3 Å². The summed E-state index contributed by atoms with van der Waals surface area (Å²) in [7, 11) is 0. The zero-order valence-electron chi connectivity index (χ0n) is 16.8. The molecule has 0 bridgehead atoms. The Morgan fingerprint density at radius 3 is 2.50 bits per heavy atom. The summed E-state index contributed by atoms with van der Waals surface area (Å²) < 4.78 is 2.11. The molecule has 32 heavy (non-hydrogen) atoms. The lowest BCUT2D eigenvalue weighted by Crippen LogP contribution is -2.04. The van der Waals surface area contributed by atoms with Gasteiger partial charge in [0.05, 0.1) is 16.7 Å². The van der Waals surface area contributed by atoms with Gasteiger partial charge in [0.15, 0.2) is 5.65 Å². The third-order valence-corrected chi connectivity index (χ3v) is 5.04. The van der Waals surface area contributed by atoms with Gasteiger partial charge in [0.1, 0.15) is 5.52 Å². The number of nitrogens with zero attached hydrogens (tertiary/aromatic N) is 6. The minimum Gasteiger partial charge on any atom is -0.319 e. The molecular weight excluding hydrogens is 406 g/mol. The van der Waals surface area contributed by atoms with E-state index in [0.717, 1.165) is 22.0 Å². The molecule has 5 aromatic rings. The van der Waals surface area contributed by atoms with Crippen molar-refractivity contribution in [2.24, 2.45) is 5.10 Å². The minimum atomic E-state index is -0.442. The quantitative estimate of drug-likeness (QED) is 0.246. The van der Waals surface area contributed by atoms with Crippen LogP contribution < -0.4 is 5.43 Å². The van der Waals surface area contributed by atoms with Crippen LogP contribution in [0.5, 0.6) is 0 Å². The van der Waals surface area contributed by atoms with Gasteiger partial charge in [-0.1, -0.05) is 48.5 Å². The van der Waals surface area contributed by atoms with E-state index in [4.69, 9.17) is 0 Å². The highest BCUT2D eigenvalue weighted by Crippen LogP contribution is 2.27. The molecule has 0 fully saturated rings. The van der Waals surface area contributed by atoms with Crippen molar-refractivity contribution in [3.63, 3.8) is 0 Å². The maximum Gasteiger partial charge on any atom is 0.269 e. The molecule has 9 heteroatoms. The molecule has 0 saturated carbocycles.